The molecule has 0 radical (unpaired) electrons. The van der Waals surface area contributed by atoms with Gasteiger partial charge in [-0.15, -0.1) is 6.58 Å². The molecule has 4 nitrogen and oxygen atoms in total. The standard InChI is InChI=1S/C17H23NO3/c1-4-12(19)9-15-13-10-18(2)8-7-11-5-6-14(20-3)17(21-15)16(11)13/h4-6,12-13,15,19H,1,7-10H2,2-3H3/t12-,13?,15?/m0/s1. The quantitative estimate of drug-likeness (QED) is 0.861. The van der Waals surface area contributed by atoms with Crippen molar-refractivity contribution in [2.24, 2.45) is 0 Å². The van der Waals surface area contributed by atoms with E-state index in [1.807, 2.05) is 6.07 Å². The Morgan fingerprint density at radius 2 is 2.38 bits per heavy atom. The molecule has 114 valence electrons. The number of rotatable bonds is 4. The summed E-state index contributed by atoms with van der Waals surface area (Å²) in [6.45, 7) is 5.65. The average molecular weight is 289 g/mol. The number of aliphatic hydroxyl groups is 1. The van der Waals surface area contributed by atoms with E-state index < -0.39 is 6.10 Å². The molecule has 21 heavy (non-hydrogen) atoms. The summed E-state index contributed by atoms with van der Waals surface area (Å²) < 4.78 is 11.6. The average Bonchev–Trinajstić information content (AvgIpc) is 2.73. The van der Waals surface area contributed by atoms with Crippen LogP contribution in [0.15, 0.2) is 24.8 Å². The summed E-state index contributed by atoms with van der Waals surface area (Å²) in [7, 11) is 3.81. The Morgan fingerprint density at radius 1 is 1.57 bits per heavy atom. The number of nitrogens with zero attached hydrogens (tertiary/aromatic N) is 1. The highest BCUT2D eigenvalue weighted by atomic mass is 16.5. The Kier molecular flexibility index (Phi) is 3.91. The van der Waals surface area contributed by atoms with E-state index in [1.165, 1.54) is 11.1 Å². The number of aliphatic hydroxyl groups excluding tert-OH is 1. The van der Waals surface area contributed by atoms with E-state index in [1.54, 1.807) is 13.2 Å². The zero-order chi connectivity index (χ0) is 15.0. The van der Waals surface area contributed by atoms with E-state index >= 15 is 0 Å². The molecule has 2 unspecified atom stereocenters. The molecule has 4 heteroatoms. The minimum atomic E-state index is -0.535. The van der Waals surface area contributed by atoms with E-state index in [9.17, 15) is 5.11 Å². The Bertz CT molecular complexity index is 543. The lowest BCUT2D eigenvalue weighted by Gasteiger charge is -2.23. The van der Waals surface area contributed by atoms with Crippen LogP contribution in [0, 0.1) is 0 Å². The summed E-state index contributed by atoms with van der Waals surface area (Å²) in [6.07, 6.45) is 2.61. The monoisotopic (exact) mass is 289 g/mol. The van der Waals surface area contributed by atoms with Gasteiger partial charge in [-0.05, 0) is 25.1 Å². The second-order valence-corrected chi connectivity index (χ2v) is 5.98. The van der Waals surface area contributed by atoms with Gasteiger partial charge in [-0.2, -0.15) is 0 Å². The van der Waals surface area contributed by atoms with Crippen LogP contribution in [-0.2, 0) is 6.42 Å². The Morgan fingerprint density at radius 3 is 3.10 bits per heavy atom. The maximum atomic E-state index is 9.92. The van der Waals surface area contributed by atoms with Crippen LogP contribution < -0.4 is 9.47 Å². The van der Waals surface area contributed by atoms with Gasteiger partial charge in [0.2, 0.25) is 0 Å². The lowest BCUT2D eigenvalue weighted by molar-refractivity contribution is 0.110. The molecule has 1 N–H and O–H groups in total. The van der Waals surface area contributed by atoms with Gasteiger partial charge in [-0.3, -0.25) is 0 Å². The van der Waals surface area contributed by atoms with Gasteiger partial charge < -0.3 is 19.5 Å². The third kappa shape index (κ3) is 2.54. The highest BCUT2D eigenvalue weighted by molar-refractivity contribution is 5.56. The number of likely N-dealkylation sites (N-methyl/N-ethyl adjacent to an activating group) is 1. The summed E-state index contributed by atoms with van der Waals surface area (Å²) in [5.41, 5.74) is 2.62. The summed E-state index contributed by atoms with van der Waals surface area (Å²) in [4.78, 5) is 2.34. The maximum Gasteiger partial charge on any atom is 0.165 e. The fourth-order valence-corrected chi connectivity index (χ4v) is 3.44. The zero-order valence-corrected chi connectivity index (χ0v) is 12.7. The second kappa shape index (κ2) is 5.70. The molecule has 0 spiro atoms. The molecule has 0 amide bonds. The van der Waals surface area contributed by atoms with Crippen LogP contribution in [-0.4, -0.2) is 49.5 Å². The van der Waals surface area contributed by atoms with Crippen molar-refractivity contribution in [2.75, 3.05) is 27.2 Å². The van der Waals surface area contributed by atoms with Gasteiger partial charge in [0.05, 0.1) is 13.2 Å². The van der Waals surface area contributed by atoms with Crippen molar-refractivity contribution in [3.05, 3.63) is 35.9 Å². The zero-order valence-electron chi connectivity index (χ0n) is 12.7. The molecule has 2 aliphatic heterocycles. The first kappa shape index (κ1) is 14.4. The number of hydrogen-bond acceptors (Lipinski definition) is 4. The Hall–Kier alpha value is -1.52. The lowest BCUT2D eigenvalue weighted by Crippen LogP contribution is -2.32. The molecule has 1 aromatic carbocycles. The van der Waals surface area contributed by atoms with Crippen molar-refractivity contribution in [1.29, 1.82) is 0 Å². The van der Waals surface area contributed by atoms with E-state index in [2.05, 4.69) is 24.6 Å². The fraction of sp³-hybridized carbons (Fsp3) is 0.529. The molecule has 0 aliphatic carbocycles. The van der Waals surface area contributed by atoms with Crippen LogP contribution in [0.3, 0.4) is 0 Å². The number of hydrogen-bond donors (Lipinski definition) is 1. The van der Waals surface area contributed by atoms with Crippen molar-refractivity contribution in [3.63, 3.8) is 0 Å². The molecule has 0 saturated heterocycles. The molecule has 1 aromatic rings. The van der Waals surface area contributed by atoms with Crippen molar-refractivity contribution in [1.82, 2.24) is 4.90 Å². The smallest absolute Gasteiger partial charge is 0.165 e. The van der Waals surface area contributed by atoms with E-state index in [-0.39, 0.29) is 12.0 Å². The van der Waals surface area contributed by atoms with Crippen LogP contribution in [0.4, 0.5) is 0 Å². The third-order valence-corrected chi connectivity index (χ3v) is 4.58. The number of ether oxygens (including phenoxy) is 2. The number of benzene rings is 1. The molecule has 2 aliphatic rings. The van der Waals surface area contributed by atoms with Crippen LogP contribution >= 0.6 is 0 Å². The highest BCUT2D eigenvalue weighted by Gasteiger charge is 2.40. The molecule has 2 heterocycles. The van der Waals surface area contributed by atoms with Crippen LogP contribution in [0.5, 0.6) is 11.5 Å². The minimum Gasteiger partial charge on any atom is -0.493 e. The lowest BCUT2D eigenvalue weighted by atomic mass is 9.89. The van der Waals surface area contributed by atoms with Crippen molar-refractivity contribution in [2.45, 2.75) is 31.0 Å². The van der Waals surface area contributed by atoms with Crippen LogP contribution in [0.25, 0.3) is 0 Å². The van der Waals surface area contributed by atoms with Gasteiger partial charge in [0.25, 0.3) is 0 Å². The van der Waals surface area contributed by atoms with E-state index in [0.29, 0.717) is 6.42 Å². The normalized spacial score (nSPS) is 25.7. The molecule has 3 rings (SSSR count). The van der Waals surface area contributed by atoms with E-state index in [4.69, 9.17) is 9.47 Å². The van der Waals surface area contributed by atoms with Crippen molar-refractivity contribution in [3.8, 4) is 11.5 Å². The topological polar surface area (TPSA) is 41.9 Å². The van der Waals surface area contributed by atoms with E-state index in [0.717, 1.165) is 31.0 Å². The highest BCUT2D eigenvalue weighted by Crippen LogP contribution is 2.48. The Labute approximate surface area is 126 Å². The largest absolute Gasteiger partial charge is 0.493 e. The van der Waals surface area contributed by atoms with Crippen molar-refractivity contribution >= 4 is 0 Å². The fourth-order valence-electron chi connectivity index (χ4n) is 3.44. The molecular weight excluding hydrogens is 266 g/mol. The van der Waals surface area contributed by atoms with Crippen molar-refractivity contribution < 1.29 is 14.6 Å². The molecular formula is C17H23NO3. The number of methoxy groups -OCH3 is 1. The van der Waals surface area contributed by atoms with Crippen LogP contribution in [0.2, 0.25) is 0 Å². The molecule has 0 saturated carbocycles. The predicted molar refractivity (Wildman–Crippen MR) is 82.2 cm³/mol. The molecule has 3 atom stereocenters. The summed E-state index contributed by atoms with van der Waals surface area (Å²) in [6, 6.07) is 4.14. The first-order chi connectivity index (χ1) is 10.1. The maximum absolute atomic E-state index is 9.92. The van der Waals surface area contributed by atoms with Gasteiger partial charge in [0.1, 0.15) is 6.10 Å². The first-order valence-electron chi connectivity index (χ1n) is 7.49. The van der Waals surface area contributed by atoms with Gasteiger partial charge in [0, 0.05) is 31.0 Å². The summed E-state index contributed by atoms with van der Waals surface area (Å²) in [5, 5.41) is 9.92. The molecule has 0 fully saturated rings. The van der Waals surface area contributed by atoms with Crippen LogP contribution in [0.1, 0.15) is 23.5 Å². The first-order valence-corrected chi connectivity index (χ1v) is 7.49. The third-order valence-electron chi connectivity index (χ3n) is 4.58. The minimum absolute atomic E-state index is 0.0244. The molecule has 0 bridgehead atoms. The Balaban J connectivity index is 2.00. The second-order valence-electron chi connectivity index (χ2n) is 5.98. The van der Waals surface area contributed by atoms with Gasteiger partial charge in [0.15, 0.2) is 11.5 Å². The van der Waals surface area contributed by atoms with Gasteiger partial charge in [-0.25, -0.2) is 0 Å². The van der Waals surface area contributed by atoms with Gasteiger partial charge >= 0.3 is 0 Å². The summed E-state index contributed by atoms with van der Waals surface area (Å²) in [5.74, 6) is 1.95. The van der Waals surface area contributed by atoms with Gasteiger partial charge in [-0.1, -0.05) is 12.1 Å². The predicted octanol–water partition coefficient (Wildman–Crippen LogP) is 1.96. The SMILES string of the molecule is C=C[C@H](O)CC1Oc2c(OC)ccc3c2C1CN(C)CC3. The molecule has 0 aromatic heterocycles. The summed E-state index contributed by atoms with van der Waals surface area (Å²) >= 11 is 0.